The standard InChI is InChI=1S/C21H22N2O5S2/c1-11(2)15-8-14-16(9-28-15)30-19-18(14)20(26)23(21(22-19)29-10-17(24)25)12-4-6-13(27-3)7-5-12/h4-7,11,15H,8-10H2,1-3H3,(H,24,25). The highest BCUT2D eigenvalue weighted by Crippen LogP contribution is 2.36. The first-order chi connectivity index (χ1) is 14.4. The monoisotopic (exact) mass is 446 g/mol. The molecule has 1 aromatic carbocycles. The Labute approximate surface area is 181 Å². The summed E-state index contributed by atoms with van der Waals surface area (Å²) in [6.45, 7) is 4.69. The summed E-state index contributed by atoms with van der Waals surface area (Å²) in [6.07, 6.45) is 0.735. The maximum absolute atomic E-state index is 13.7. The molecular formula is C21H22N2O5S2. The van der Waals surface area contributed by atoms with Gasteiger partial charge in [-0.2, -0.15) is 0 Å². The average Bonchev–Trinajstić information content (AvgIpc) is 3.10. The predicted octanol–water partition coefficient (Wildman–Crippen LogP) is 3.73. The number of ether oxygens (including phenoxy) is 2. The van der Waals surface area contributed by atoms with Gasteiger partial charge in [0.05, 0.1) is 36.6 Å². The molecule has 0 amide bonds. The molecule has 0 fully saturated rings. The zero-order chi connectivity index (χ0) is 21.4. The number of carbonyl (C=O) groups is 1. The van der Waals surface area contributed by atoms with Crippen LogP contribution in [-0.2, 0) is 22.6 Å². The summed E-state index contributed by atoms with van der Waals surface area (Å²) in [5, 5.41) is 10.1. The Morgan fingerprint density at radius 2 is 2.13 bits per heavy atom. The first kappa shape index (κ1) is 20.9. The molecule has 0 bridgehead atoms. The molecule has 1 aliphatic rings. The van der Waals surface area contributed by atoms with Crippen LogP contribution in [0.1, 0.15) is 24.3 Å². The van der Waals surface area contributed by atoms with Gasteiger partial charge in [0.25, 0.3) is 5.56 Å². The van der Waals surface area contributed by atoms with E-state index in [0.717, 1.165) is 22.2 Å². The number of methoxy groups -OCH3 is 1. The number of aliphatic carboxylic acids is 1. The normalized spacial score (nSPS) is 16.1. The van der Waals surface area contributed by atoms with Gasteiger partial charge >= 0.3 is 5.97 Å². The number of hydrogen-bond acceptors (Lipinski definition) is 7. The number of thioether (sulfide) groups is 1. The maximum Gasteiger partial charge on any atom is 0.313 e. The van der Waals surface area contributed by atoms with Crippen molar-refractivity contribution in [1.29, 1.82) is 0 Å². The molecule has 2 aromatic heterocycles. The topological polar surface area (TPSA) is 90.6 Å². The Bertz CT molecular complexity index is 1150. The van der Waals surface area contributed by atoms with Gasteiger partial charge in [-0.1, -0.05) is 25.6 Å². The Morgan fingerprint density at radius 1 is 1.40 bits per heavy atom. The summed E-state index contributed by atoms with van der Waals surface area (Å²) in [6, 6.07) is 7.08. The number of fused-ring (bicyclic) bond motifs is 3. The van der Waals surface area contributed by atoms with Gasteiger partial charge in [0.2, 0.25) is 0 Å². The van der Waals surface area contributed by atoms with Gasteiger partial charge in [-0.15, -0.1) is 11.3 Å². The molecule has 1 atom stereocenters. The molecule has 3 heterocycles. The number of benzene rings is 1. The van der Waals surface area contributed by atoms with E-state index in [1.54, 1.807) is 31.4 Å². The van der Waals surface area contributed by atoms with Crippen molar-refractivity contribution in [3.63, 3.8) is 0 Å². The quantitative estimate of drug-likeness (QED) is 0.456. The van der Waals surface area contributed by atoms with Crippen molar-refractivity contribution in [3.05, 3.63) is 45.1 Å². The van der Waals surface area contributed by atoms with Crippen molar-refractivity contribution in [2.45, 2.75) is 38.1 Å². The first-order valence-corrected chi connectivity index (χ1v) is 11.4. The number of aromatic nitrogens is 2. The zero-order valence-electron chi connectivity index (χ0n) is 16.9. The van der Waals surface area contributed by atoms with Gasteiger partial charge in [-0.25, -0.2) is 4.98 Å². The molecule has 0 spiro atoms. The number of carboxylic acid groups (broad SMARTS) is 1. The molecule has 1 unspecified atom stereocenters. The average molecular weight is 447 g/mol. The van der Waals surface area contributed by atoms with Crippen LogP contribution in [0.4, 0.5) is 0 Å². The number of nitrogens with zero attached hydrogens (tertiary/aromatic N) is 2. The molecule has 1 aliphatic heterocycles. The van der Waals surface area contributed by atoms with E-state index in [1.165, 1.54) is 15.9 Å². The van der Waals surface area contributed by atoms with E-state index in [0.29, 0.717) is 45.8 Å². The highest BCUT2D eigenvalue weighted by Gasteiger charge is 2.28. The van der Waals surface area contributed by atoms with Crippen LogP contribution in [0.3, 0.4) is 0 Å². The second-order valence-electron chi connectivity index (χ2n) is 7.40. The number of hydrogen-bond donors (Lipinski definition) is 1. The van der Waals surface area contributed by atoms with E-state index >= 15 is 0 Å². The van der Waals surface area contributed by atoms with Crippen molar-refractivity contribution in [2.75, 3.05) is 12.9 Å². The molecule has 9 heteroatoms. The Balaban J connectivity index is 1.91. The van der Waals surface area contributed by atoms with Crippen molar-refractivity contribution in [2.24, 2.45) is 5.92 Å². The smallest absolute Gasteiger partial charge is 0.313 e. The van der Waals surface area contributed by atoms with Gasteiger partial charge in [-0.05, 0) is 35.7 Å². The lowest BCUT2D eigenvalue weighted by Crippen LogP contribution is -2.28. The van der Waals surface area contributed by atoms with Gasteiger partial charge in [0, 0.05) is 11.3 Å². The van der Waals surface area contributed by atoms with E-state index in [1.807, 2.05) is 0 Å². The fourth-order valence-electron chi connectivity index (χ4n) is 3.52. The molecule has 30 heavy (non-hydrogen) atoms. The lowest BCUT2D eigenvalue weighted by Gasteiger charge is -2.26. The van der Waals surface area contributed by atoms with Crippen molar-refractivity contribution in [1.82, 2.24) is 9.55 Å². The molecule has 7 nitrogen and oxygen atoms in total. The van der Waals surface area contributed by atoms with Crippen LogP contribution in [0, 0.1) is 5.92 Å². The molecule has 0 aliphatic carbocycles. The van der Waals surface area contributed by atoms with Crippen LogP contribution in [0.2, 0.25) is 0 Å². The molecule has 0 saturated carbocycles. The lowest BCUT2D eigenvalue weighted by molar-refractivity contribution is -0.133. The van der Waals surface area contributed by atoms with Crippen LogP contribution >= 0.6 is 23.1 Å². The number of carboxylic acids is 1. The zero-order valence-corrected chi connectivity index (χ0v) is 18.5. The Kier molecular flexibility index (Phi) is 5.86. The summed E-state index contributed by atoms with van der Waals surface area (Å²) in [7, 11) is 1.58. The van der Waals surface area contributed by atoms with E-state index in [4.69, 9.17) is 19.6 Å². The third kappa shape index (κ3) is 3.84. The Hall–Kier alpha value is -2.36. The van der Waals surface area contributed by atoms with Crippen LogP contribution in [0.25, 0.3) is 15.9 Å². The lowest BCUT2D eigenvalue weighted by atomic mass is 9.96. The van der Waals surface area contributed by atoms with Gasteiger partial charge in [0.1, 0.15) is 10.6 Å². The van der Waals surface area contributed by atoms with Crippen LogP contribution in [0.5, 0.6) is 5.75 Å². The molecule has 4 rings (SSSR count). The second kappa shape index (κ2) is 8.41. The maximum atomic E-state index is 13.7. The highest BCUT2D eigenvalue weighted by molar-refractivity contribution is 7.99. The third-order valence-corrected chi connectivity index (χ3v) is 7.13. The van der Waals surface area contributed by atoms with Gasteiger partial charge in [-0.3, -0.25) is 14.2 Å². The molecule has 0 saturated heterocycles. The summed E-state index contributed by atoms with van der Waals surface area (Å²) < 4.78 is 12.7. The van der Waals surface area contributed by atoms with Crippen molar-refractivity contribution in [3.8, 4) is 11.4 Å². The molecule has 1 N–H and O–H groups in total. The summed E-state index contributed by atoms with van der Waals surface area (Å²) in [5.41, 5.74) is 1.45. The predicted molar refractivity (Wildman–Crippen MR) is 117 cm³/mol. The number of rotatable bonds is 6. The molecule has 0 radical (unpaired) electrons. The van der Waals surface area contributed by atoms with Crippen LogP contribution in [-0.4, -0.2) is 39.6 Å². The summed E-state index contributed by atoms with van der Waals surface area (Å²) in [4.78, 5) is 31.2. The molecular weight excluding hydrogens is 424 g/mol. The fourth-order valence-corrected chi connectivity index (χ4v) is 5.42. The first-order valence-electron chi connectivity index (χ1n) is 9.57. The Morgan fingerprint density at radius 3 is 2.77 bits per heavy atom. The largest absolute Gasteiger partial charge is 0.497 e. The van der Waals surface area contributed by atoms with Gasteiger partial charge in [0.15, 0.2) is 5.16 Å². The van der Waals surface area contributed by atoms with E-state index in [-0.39, 0.29) is 17.4 Å². The van der Waals surface area contributed by atoms with Crippen molar-refractivity contribution >= 4 is 39.3 Å². The number of thiophene rings is 1. The fraction of sp³-hybridized carbons (Fsp3) is 0.381. The minimum Gasteiger partial charge on any atom is -0.497 e. The van der Waals surface area contributed by atoms with Gasteiger partial charge < -0.3 is 14.6 Å². The van der Waals surface area contributed by atoms with Crippen LogP contribution < -0.4 is 10.3 Å². The molecule has 3 aromatic rings. The van der Waals surface area contributed by atoms with E-state index in [9.17, 15) is 9.59 Å². The van der Waals surface area contributed by atoms with E-state index in [2.05, 4.69) is 13.8 Å². The third-order valence-electron chi connectivity index (χ3n) is 5.11. The highest BCUT2D eigenvalue weighted by atomic mass is 32.2. The van der Waals surface area contributed by atoms with Crippen molar-refractivity contribution < 1.29 is 19.4 Å². The van der Waals surface area contributed by atoms with E-state index < -0.39 is 5.97 Å². The SMILES string of the molecule is COc1ccc(-n2c(SCC(=O)O)nc3sc4c(c3c2=O)CC(C(C)C)OC4)cc1. The second-order valence-corrected chi connectivity index (χ2v) is 9.42. The molecule has 158 valence electrons. The summed E-state index contributed by atoms with van der Waals surface area (Å²) in [5.74, 6) is -0.132. The van der Waals surface area contributed by atoms with Crippen LogP contribution in [0.15, 0.2) is 34.2 Å². The minimum atomic E-state index is -0.964. The minimum absolute atomic E-state index is 0.0604. The summed E-state index contributed by atoms with van der Waals surface area (Å²) >= 11 is 2.49.